The van der Waals surface area contributed by atoms with E-state index >= 15 is 0 Å². The predicted octanol–water partition coefficient (Wildman–Crippen LogP) is 1.16. The van der Waals surface area contributed by atoms with Gasteiger partial charge in [0.25, 0.3) is 0 Å². The number of hydrogen-bond donors (Lipinski definition) is 0. The van der Waals surface area contributed by atoms with Gasteiger partial charge in [0.1, 0.15) is 0 Å². The minimum atomic E-state index is 0.236. The lowest BCUT2D eigenvalue weighted by Gasteiger charge is -2.22. The summed E-state index contributed by atoms with van der Waals surface area (Å²) in [7, 11) is 1.87. The van der Waals surface area contributed by atoms with Gasteiger partial charge in [-0.05, 0) is 18.2 Å². The molecule has 0 aliphatic carbocycles. The highest BCUT2D eigenvalue weighted by Gasteiger charge is 2.17. The SMILES string of the molecule is CN1CCN(c2cc[c]cc2)CCC1=O. The monoisotopic (exact) mass is 203 g/mol. The molecule has 0 bridgehead atoms. The highest BCUT2D eigenvalue weighted by molar-refractivity contribution is 5.77. The molecule has 0 atom stereocenters. The number of anilines is 1. The Balaban J connectivity index is 2.09. The highest BCUT2D eigenvalue weighted by Crippen LogP contribution is 2.15. The first-order valence-corrected chi connectivity index (χ1v) is 5.22. The van der Waals surface area contributed by atoms with Gasteiger partial charge in [-0.25, -0.2) is 0 Å². The predicted molar refractivity (Wildman–Crippen MR) is 59.7 cm³/mol. The second-order valence-electron chi connectivity index (χ2n) is 3.81. The number of benzene rings is 1. The number of carbonyl (C=O) groups excluding carboxylic acids is 1. The second kappa shape index (κ2) is 4.34. The maximum absolute atomic E-state index is 11.5. The van der Waals surface area contributed by atoms with E-state index in [1.165, 1.54) is 5.69 Å². The van der Waals surface area contributed by atoms with Crippen molar-refractivity contribution in [2.75, 3.05) is 31.6 Å². The third-order valence-corrected chi connectivity index (χ3v) is 2.79. The number of rotatable bonds is 1. The number of likely N-dealkylation sites (N-methyl/N-ethyl adjacent to an activating group) is 1. The Morgan fingerprint density at radius 3 is 2.67 bits per heavy atom. The van der Waals surface area contributed by atoms with E-state index in [0.29, 0.717) is 6.42 Å². The van der Waals surface area contributed by atoms with Crippen LogP contribution in [0.15, 0.2) is 24.3 Å². The topological polar surface area (TPSA) is 23.6 Å². The molecule has 1 radical (unpaired) electrons. The Morgan fingerprint density at radius 2 is 1.93 bits per heavy atom. The number of carbonyl (C=O) groups is 1. The van der Waals surface area contributed by atoms with Crippen LogP contribution in [-0.2, 0) is 4.79 Å². The molecule has 1 fully saturated rings. The summed E-state index contributed by atoms with van der Waals surface area (Å²) >= 11 is 0. The lowest BCUT2D eigenvalue weighted by Crippen LogP contribution is -2.29. The van der Waals surface area contributed by atoms with E-state index in [0.717, 1.165) is 19.6 Å². The van der Waals surface area contributed by atoms with Crippen LogP contribution in [0.4, 0.5) is 5.69 Å². The van der Waals surface area contributed by atoms with Crippen molar-refractivity contribution in [3.63, 3.8) is 0 Å². The van der Waals surface area contributed by atoms with Gasteiger partial charge >= 0.3 is 0 Å². The molecule has 0 N–H and O–H groups in total. The Bertz CT molecular complexity index is 337. The van der Waals surface area contributed by atoms with Crippen molar-refractivity contribution in [1.29, 1.82) is 0 Å². The highest BCUT2D eigenvalue weighted by atomic mass is 16.2. The molecule has 1 aliphatic heterocycles. The molecule has 1 aliphatic rings. The zero-order valence-electron chi connectivity index (χ0n) is 8.94. The van der Waals surface area contributed by atoms with Gasteiger partial charge in [0.05, 0.1) is 0 Å². The molecule has 0 saturated carbocycles. The molecule has 0 aromatic heterocycles. The molecule has 3 heteroatoms. The normalized spacial score (nSPS) is 17.8. The van der Waals surface area contributed by atoms with E-state index in [4.69, 9.17) is 0 Å². The van der Waals surface area contributed by atoms with Crippen LogP contribution in [0.5, 0.6) is 0 Å². The average Bonchev–Trinajstić information content (AvgIpc) is 2.44. The van der Waals surface area contributed by atoms with Gasteiger partial charge in [-0.1, -0.05) is 12.1 Å². The standard InChI is InChI=1S/C12H15N2O/c1-13-9-10-14(8-7-12(13)15)11-5-3-2-4-6-11/h3-6H,7-10H2,1H3. The molecule has 1 saturated heterocycles. The van der Waals surface area contributed by atoms with Crippen molar-refractivity contribution < 1.29 is 4.79 Å². The van der Waals surface area contributed by atoms with Crippen molar-refractivity contribution in [2.45, 2.75) is 6.42 Å². The Hall–Kier alpha value is -1.51. The van der Waals surface area contributed by atoms with Crippen molar-refractivity contribution in [3.8, 4) is 0 Å². The lowest BCUT2D eigenvalue weighted by molar-refractivity contribution is -0.129. The quantitative estimate of drug-likeness (QED) is 0.683. The molecule has 15 heavy (non-hydrogen) atoms. The summed E-state index contributed by atoms with van der Waals surface area (Å²) in [5, 5.41) is 0. The molecule has 2 rings (SSSR count). The summed E-state index contributed by atoms with van der Waals surface area (Å²) in [4.78, 5) is 15.5. The van der Waals surface area contributed by atoms with E-state index in [1.807, 2.05) is 31.3 Å². The maximum Gasteiger partial charge on any atom is 0.224 e. The van der Waals surface area contributed by atoms with Crippen molar-refractivity contribution >= 4 is 11.6 Å². The molecule has 1 heterocycles. The van der Waals surface area contributed by atoms with Crippen LogP contribution in [0.1, 0.15) is 6.42 Å². The Labute approximate surface area is 90.3 Å². The van der Waals surface area contributed by atoms with Crippen molar-refractivity contribution in [3.05, 3.63) is 30.3 Å². The fraction of sp³-hybridized carbons (Fsp3) is 0.417. The fourth-order valence-corrected chi connectivity index (χ4v) is 1.78. The molecule has 3 nitrogen and oxygen atoms in total. The second-order valence-corrected chi connectivity index (χ2v) is 3.81. The van der Waals surface area contributed by atoms with Crippen molar-refractivity contribution in [2.24, 2.45) is 0 Å². The van der Waals surface area contributed by atoms with Gasteiger partial charge in [-0.3, -0.25) is 4.79 Å². The van der Waals surface area contributed by atoms with Gasteiger partial charge in [-0.2, -0.15) is 0 Å². The molecule has 1 amide bonds. The summed E-state index contributed by atoms with van der Waals surface area (Å²) < 4.78 is 0. The summed E-state index contributed by atoms with van der Waals surface area (Å²) in [5.74, 6) is 0.236. The van der Waals surface area contributed by atoms with E-state index in [9.17, 15) is 4.79 Å². The number of amides is 1. The van der Waals surface area contributed by atoms with Gasteiger partial charge in [0.2, 0.25) is 5.91 Å². The fourth-order valence-electron chi connectivity index (χ4n) is 1.78. The van der Waals surface area contributed by atoms with Gasteiger partial charge in [0, 0.05) is 38.8 Å². The Morgan fingerprint density at radius 1 is 1.20 bits per heavy atom. The number of nitrogens with zero attached hydrogens (tertiary/aromatic N) is 2. The first kappa shape index (κ1) is 10.0. The molecule has 1 aromatic carbocycles. The van der Waals surface area contributed by atoms with E-state index < -0.39 is 0 Å². The third-order valence-electron chi connectivity index (χ3n) is 2.79. The molecular weight excluding hydrogens is 188 g/mol. The van der Waals surface area contributed by atoms with Gasteiger partial charge < -0.3 is 9.80 Å². The van der Waals surface area contributed by atoms with Crippen LogP contribution >= 0.6 is 0 Å². The van der Waals surface area contributed by atoms with Crippen LogP contribution in [0.3, 0.4) is 0 Å². The summed E-state index contributed by atoms with van der Waals surface area (Å²) in [6.45, 7) is 2.52. The van der Waals surface area contributed by atoms with Crippen LogP contribution in [-0.4, -0.2) is 37.5 Å². The van der Waals surface area contributed by atoms with Gasteiger partial charge in [0.15, 0.2) is 0 Å². The number of hydrogen-bond acceptors (Lipinski definition) is 2. The summed E-state index contributed by atoms with van der Waals surface area (Å²) in [5.41, 5.74) is 1.18. The van der Waals surface area contributed by atoms with Crippen LogP contribution in [0.2, 0.25) is 0 Å². The summed E-state index contributed by atoms with van der Waals surface area (Å²) in [6.07, 6.45) is 0.606. The molecule has 1 aromatic rings. The van der Waals surface area contributed by atoms with E-state index in [-0.39, 0.29) is 5.91 Å². The van der Waals surface area contributed by atoms with Crippen LogP contribution in [0, 0.1) is 6.07 Å². The molecular formula is C12H15N2O. The Kier molecular flexibility index (Phi) is 2.90. The maximum atomic E-state index is 11.5. The van der Waals surface area contributed by atoms with E-state index in [2.05, 4.69) is 11.0 Å². The largest absolute Gasteiger partial charge is 0.369 e. The molecule has 0 unspecified atom stereocenters. The van der Waals surface area contributed by atoms with Crippen molar-refractivity contribution in [1.82, 2.24) is 4.90 Å². The first-order chi connectivity index (χ1) is 7.27. The minimum Gasteiger partial charge on any atom is -0.369 e. The van der Waals surface area contributed by atoms with Gasteiger partial charge in [-0.15, -0.1) is 0 Å². The first-order valence-electron chi connectivity index (χ1n) is 5.22. The third kappa shape index (κ3) is 2.29. The van der Waals surface area contributed by atoms with E-state index in [1.54, 1.807) is 4.90 Å². The van der Waals surface area contributed by atoms with Crippen LogP contribution in [0.25, 0.3) is 0 Å². The minimum absolute atomic E-state index is 0.236. The van der Waals surface area contributed by atoms with Crippen LogP contribution < -0.4 is 4.90 Å². The summed E-state index contributed by atoms with van der Waals surface area (Å²) in [6, 6.07) is 10.9. The zero-order chi connectivity index (χ0) is 10.7. The molecule has 0 spiro atoms. The lowest BCUT2D eigenvalue weighted by atomic mass is 10.2. The smallest absolute Gasteiger partial charge is 0.224 e. The zero-order valence-corrected chi connectivity index (χ0v) is 8.94. The molecule has 79 valence electrons. The average molecular weight is 203 g/mol.